The Labute approximate surface area is 107 Å². The first-order valence-corrected chi connectivity index (χ1v) is 6.30. The Morgan fingerprint density at radius 2 is 2.12 bits per heavy atom. The van der Waals surface area contributed by atoms with Crippen LogP contribution in [0.1, 0.15) is 23.2 Å². The molecule has 0 unspecified atom stereocenters. The lowest BCUT2D eigenvalue weighted by Crippen LogP contribution is -2.39. The Balaban J connectivity index is 2.06. The summed E-state index contributed by atoms with van der Waals surface area (Å²) in [6.45, 7) is 1.29. The van der Waals surface area contributed by atoms with Gasteiger partial charge in [-0.05, 0) is 40.9 Å². The predicted octanol–water partition coefficient (Wildman–Crippen LogP) is 2.50. The van der Waals surface area contributed by atoms with Gasteiger partial charge in [0.1, 0.15) is 5.82 Å². The SMILES string of the molecule is O=C(NC1CCOCC1)c1cccc(Br)c1F. The molecule has 92 valence electrons. The van der Waals surface area contributed by atoms with E-state index in [4.69, 9.17) is 4.74 Å². The normalized spacial score (nSPS) is 16.8. The Bertz CT molecular complexity index is 419. The van der Waals surface area contributed by atoms with Crippen LogP contribution in [0.5, 0.6) is 0 Å². The zero-order valence-corrected chi connectivity index (χ0v) is 10.8. The van der Waals surface area contributed by atoms with E-state index in [0.29, 0.717) is 17.7 Å². The van der Waals surface area contributed by atoms with Crippen LogP contribution < -0.4 is 5.32 Å². The van der Waals surface area contributed by atoms with Crippen molar-refractivity contribution in [3.8, 4) is 0 Å². The summed E-state index contributed by atoms with van der Waals surface area (Å²) in [5, 5.41) is 2.82. The topological polar surface area (TPSA) is 38.3 Å². The van der Waals surface area contributed by atoms with E-state index in [1.807, 2.05) is 0 Å². The molecule has 17 heavy (non-hydrogen) atoms. The van der Waals surface area contributed by atoms with Crippen LogP contribution in [0.15, 0.2) is 22.7 Å². The highest BCUT2D eigenvalue weighted by Gasteiger charge is 2.19. The van der Waals surface area contributed by atoms with Gasteiger partial charge in [-0.25, -0.2) is 4.39 Å². The third-order valence-electron chi connectivity index (χ3n) is 2.75. The molecule has 0 aromatic heterocycles. The average molecular weight is 302 g/mol. The molecule has 0 saturated carbocycles. The maximum Gasteiger partial charge on any atom is 0.254 e. The van der Waals surface area contributed by atoms with Crippen LogP contribution in [0.2, 0.25) is 0 Å². The van der Waals surface area contributed by atoms with E-state index in [2.05, 4.69) is 21.2 Å². The zero-order valence-electron chi connectivity index (χ0n) is 9.21. The number of carbonyl (C=O) groups is 1. The van der Waals surface area contributed by atoms with Crippen molar-refractivity contribution in [3.63, 3.8) is 0 Å². The number of rotatable bonds is 2. The maximum absolute atomic E-state index is 13.7. The molecule has 0 bridgehead atoms. The number of amides is 1. The highest BCUT2D eigenvalue weighted by molar-refractivity contribution is 9.10. The largest absolute Gasteiger partial charge is 0.381 e. The summed E-state index contributed by atoms with van der Waals surface area (Å²) in [6, 6.07) is 4.77. The van der Waals surface area contributed by atoms with Crippen molar-refractivity contribution in [1.82, 2.24) is 5.32 Å². The van der Waals surface area contributed by atoms with Crippen LogP contribution in [0, 0.1) is 5.82 Å². The Hall–Kier alpha value is -0.940. The van der Waals surface area contributed by atoms with Crippen molar-refractivity contribution in [2.75, 3.05) is 13.2 Å². The van der Waals surface area contributed by atoms with Crippen molar-refractivity contribution in [2.45, 2.75) is 18.9 Å². The van der Waals surface area contributed by atoms with Gasteiger partial charge in [-0.2, -0.15) is 0 Å². The van der Waals surface area contributed by atoms with Crippen molar-refractivity contribution < 1.29 is 13.9 Å². The van der Waals surface area contributed by atoms with Crippen LogP contribution in [0.4, 0.5) is 4.39 Å². The number of carbonyl (C=O) groups excluding carboxylic acids is 1. The molecule has 1 aromatic rings. The monoisotopic (exact) mass is 301 g/mol. The highest BCUT2D eigenvalue weighted by Crippen LogP contribution is 2.19. The third kappa shape index (κ3) is 3.04. The van der Waals surface area contributed by atoms with Crippen LogP contribution in [-0.2, 0) is 4.74 Å². The first kappa shape index (κ1) is 12.5. The standard InChI is InChI=1S/C12H13BrFNO2/c13-10-3-1-2-9(11(10)14)12(16)15-8-4-6-17-7-5-8/h1-3,8H,4-7H2,(H,15,16). The first-order valence-electron chi connectivity index (χ1n) is 5.51. The second kappa shape index (κ2) is 5.60. The van der Waals surface area contributed by atoms with Gasteiger partial charge in [0.15, 0.2) is 0 Å². The molecule has 0 aliphatic carbocycles. The molecule has 2 rings (SSSR count). The van der Waals surface area contributed by atoms with Gasteiger partial charge < -0.3 is 10.1 Å². The smallest absolute Gasteiger partial charge is 0.254 e. The molecule has 1 aliphatic rings. The van der Waals surface area contributed by atoms with E-state index in [-0.39, 0.29) is 17.5 Å². The Kier molecular flexibility index (Phi) is 4.12. The first-order chi connectivity index (χ1) is 8.18. The van der Waals surface area contributed by atoms with Gasteiger partial charge in [-0.15, -0.1) is 0 Å². The second-order valence-electron chi connectivity index (χ2n) is 3.96. The summed E-state index contributed by atoms with van der Waals surface area (Å²) in [4.78, 5) is 11.9. The summed E-state index contributed by atoms with van der Waals surface area (Å²) >= 11 is 3.06. The van der Waals surface area contributed by atoms with E-state index in [1.54, 1.807) is 12.1 Å². The Morgan fingerprint density at radius 1 is 1.41 bits per heavy atom. The van der Waals surface area contributed by atoms with Gasteiger partial charge in [0, 0.05) is 19.3 Å². The molecular formula is C12H13BrFNO2. The van der Waals surface area contributed by atoms with Gasteiger partial charge in [-0.3, -0.25) is 4.79 Å². The fourth-order valence-corrected chi connectivity index (χ4v) is 2.15. The molecule has 1 aliphatic heterocycles. The number of hydrogen-bond acceptors (Lipinski definition) is 2. The maximum atomic E-state index is 13.7. The van der Waals surface area contributed by atoms with Crippen LogP contribution in [0.25, 0.3) is 0 Å². The van der Waals surface area contributed by atoms with E-state index < -0.39 is 5.82 Å². The van der Waals surface area contributed by atoms with Crippen molar-refractivity contribution in [3.05, 3.63) is 34.1 Å². The lowest BCUT2D eigenvalue weighted by atomic mass is 10.1. The number of halogens is 2. The predicted molar refractivity (Wildman–Crippen MR) is 65.4 cm³/mol. The lowest BCUT2D eigenvalue weighted by molar-refractivity contribution is 0.0694. The van der Waals surface area contributed by atoms with E-state index in [1.165, 1.54) is 6.07 Å². The van der Waals surface area contributed by atoms with Crippen molar-refractivity contribution in [1.29, 1.82) is 0 Å². The molecule has 3 nitrogen and oxygen atoms in total. The third-order valence-corrected chi connectivity index (χ3v) is 3.37. The molecule has 1 aromatic carbocycles. The van der Waals surface area contributed by atoms with E-state index in [9.17, 15) is 9.18 Å². The van der Waals surface area contributed by atoms with E-state index in [0.717, 1.165) is 12.8 Å². The average Bonchev–Trinajstić information content (AvgIpc) is 2.34. The lowest BCUT2D eigenvalue weighted by Gasteiger charge is -2.23. The molecule has 1 fully saturated rings. The molecule has 0 spiro atoms. The van der Waals surface area contributed by atoms with Gasteiger partial charge in [-0.1, -0.05) is 6.07 Å². The number of ether oxygens (including phenoxy) is 1. The molecule has 5 heteroatoms. The summed E-state index contributed by atoms with van der Waals surface area (Å²) < 4.78 is 19.2. The second-order valence-corrected chi connectivity index (χ2v) is 4.82. The fourth-order valence-electron chi connectivity index (χ4n) is 1.78. The molecule has 1 heterocycles. The minimum absolute atomic E-state index is 0.0749. The summed E-state index contributed by atoms with van der Waals surface area (Å²) in [5.41, 5.74) is 0.0749. The fraction of sp³-hybridized carbons (Fsp3) is 0.417. The molecule has 1 amide bonds. The molecule has 0 atom stereocenters. The molecule has 0 radical (unpaired) electrons. The number of hydrogen-bond donors (Lipinski definition) is 1. The zero-order chi connectivity index (χ0) is 12.3. The highest BCUT2D eigenvalue weighted by atomic mass is 79.9. The Morgan fingerprint density at radius 3 is 2.82 bits per heavy atom. The minimum Gasteiger partial charge on any atom is -0.381 e. The van der Waals surface area contributed by atoms with Gasteiger partial charge >= 0.3 is 0 Å². The summed E-state index contributed by atoms with van der Waals surface area (Å²) in [6.07, 6.45) is 1.56. The number of nitrogens with one attached hydrogen (secondary N) is 1. The summed E-state index contributed by atoms with van der Waals surface area (Å²) in [7, 11) is 0. The number of benzene rings is 1. The van der Waals surface area contributed by atoms with E-state index >= 15 is 0 Å². The van der Waals surface area contributed by atoms with Crippen molar-refractivity contribution >= 4 is 21.8 Å². The van der Waals surface area contributed by atoms with Crippen LogP contribution in [-0.4, -0.2) is 25.2 Å². The van der Waals surface area contributed by atoms with Crippen LogP contribution >= 0.6 is 15.9 Å². The van der Waals surface area contributed by atoms with Gasteiger partial charge in [0.05, 0.1) is 10.0 Å². The molecule has 1 saturated heterocycles. The summed E-state index contributed by atoms with van der Waals surface area (Å²) in [5.74, 6) is -0.882. The molecule has 1 N–H and O–H groups in total. The molecular weight excluding hydrogens is 289 g/mol. The van der Waals surface area contributed by atoms with Crippen molar-refractivity contribution in [2.24, 2.45) is 0 Å². The van der Waals surface area contributed by atoms with Gasteiger partial charge in [0.2, 0.25) is 0 Å². The quantitative estimate of drug-likeness (QED) is 0.911. The van der Waals surface area contributed by atoms with Gasteiger partial charge in [0.25, 0.3) is 5.91 Å². The minimum atomic E-state index is -0.517. The van der Waals surface area contributed by atoms with Crippen LogP contribution in [0.3, 0.4) is 0 Å².